The quantitative estimate of drug-likeness (QED) is 0.510. The van der Waals surface area contributed by atoms with Gasteiger partial charge in [-0.1, -0.05) is 18.2 Å². The minimum atomic E-state index is -0.0462. The molecule has 0 aliphatic rings. The summed E-state index contributed by atoms with van der Waals surface area (Å²) in [7, 11) is 1.66. The maximum Gasteiger partial charge on any atom is 0.228 e. The molecule has 0 bridgehead atoms. The van der Waals surface area contributed by atoms with Crippen LogP contribution in [0.4, 0.5) is 5.88 Å². The number of benzene rings is 2. The Balaban J connectivity index is 1.37. The number of anilines is 1. The van der Waals surface area contributed by atoms with Gasteiger partial charge in [0.05, 0.1) is 13.3 Å². The van der Waals surface area contributed by atoms with E-state index < -0.39 is 0 Å². The van der Waals surface area contributed by atoms with Gasteiger partial charge in [0, 0.05) is 35.9 Å². The number of rotatable bonds is 7. The maximum absolute atomic E-state index is 6.24. The fraction of sp³-hybridized carbons (Fsp3) is 0.182. The lowest BCUT2D eigenvalue weighted by Crippen LogP contribution is -2.31. The number of methoxy groups -OCH3 is 1. The van der Waals surface area contributed by atoms with E-state index in [0.29, 0.717) is 18.3 Å². The van der Waals surface area contributed by atoms with E-state index in [2.05, 4.69) is 15.3 Å². The molecule has 4 aromatic rings. The Hall–Kier alpha value is -3.38. The van der Waals surface area contributed by atoms with Crippen LogP contribution in [0.15, 0.2) is 71.5 Å². The summed E-state index contributed by atoms with van der Waals surface area (Å²) in [4.78, 5) is 8.51. The van der Waals surface area contributed by atoms with Gasteiger partial charge in [-0.2, -0.15) is 0 Å². The van der Waals surface area contributed by atoms with Crippen LogP contribution in [0.25, 0.3) is 22.2 Å². The lowest BCUT2D eigenvalue weighted by molar-refractivity contribution is 0.414. The molecular formula is C22H22N4O2. The van der Waals surface area contributed by atoms with Crippen molar-refractivity contribution in [3.8, 4) is 17.2 Å². The lowest BCUT2D eigenvalue weighted by atomic mass is 10.1. The molecule has 0 radical (unpaired) electrons. The summed E-state index contributed by atoms with van der Waals surface area (Å²) in [5.41, 5.74) is 8.33. The number of nitrogens with zero attached hydrogens (tertiary/aromatic N) is 2. The second kappa shape index (κ2) is 8.10. The first kappa shape index (κ1) is 18.0. The van der Waals surface area contributed by atoms with Crippen LogP contribution in [0, 0.1) is 0 Å². The van der Waals surface area contributed by atoms with Gasteiger partial charge in [-0.05, 0) is 47.7 Å². The Kier molecular flexibility index (Phi) is 5.21. The number of nitrogens with two attached hydrogens (primary N) is 1. The highest BCUT2D eigenvalue weighted by Gasteiger charge is 2.10. The van der Waals surface area contributed by atoms with E-state index in [0.717, 1.165) is 28.5 Å². The van der Waals surface area contributed by atoms with Gasteiger partial charge in [0.25, 0.3) is 0 Å². The van der Waals surface area contributed by atoms with Gasteiger partial charge in [-0.3, -0.25) is 4.98 Å². The third-order valence-corrected chi connectivity index (χ3v) is 4.59. The first-order chi connectivity index (χ1) is 13.7. The van der Waals surface area contributed by atoms with Crippen molar-refractivity contribution >= 4 is 16.7 Å². The number of nitrogens with one attached hydrogen (secondary N) is 1. The van der Waals surface area contributed by atoms with Gasteiger partial charge < -0.3 is 20.2 Å². The summed E-state index contributed by atoms with van der Waals surface area (Å²) in [6.45, 7) is 0.587. The average Bonchev–Trinajstić information content (AvgIpc) is 3.21. The first-order valence-electron chi connectivity index (χ1n) is 9.13. The summed E-state index contributed by atoms with van der Waals surface area (Å²) < 4.78 is 11.0. The van der Waals surface area contributed by atoms with Crippen molar-refractivity contribution < 1.29 is 9.15 Å². The van der Waals surface area contributed by atoms with Crippen molar-refractivity contribution in [2.45, 2.75) is 12.5 Å². The zero-order valence-corrected chi connectivity index (χ0v) is 15.6. The van der Waals surface area contributed by atoms with E-state index in [1.165, 1.54) is 5.56 Å². The summed E-state index contributed by atoms with van der Waals surface area (Å²) in [5, 5.41) is 5.41. The van der Waals surface area contributed by atoms with Gasteiger partial charge in [0.2, 0.25) is 11.8 Å². The molecule has 0 fully saturated rings. The zero-order valence-electron chi connectivity index (χ0n) is 15.6. The summed E-state index contributed by atoms with van der Waals surface area (Å²) >= 11 is 0. The second-order valence-corrected chi connectivity index (χ2v) is 6.66. The van der Waals surface area contributed by atoms with Crippen LogP contribution in [-0.2, 0) is 6.42 Å². The molecule has 0 spiro atoms. The van der Waals surface area contributed by atoms with E-state index in [4.69, 9.17) is 14.9 Å². The zero-order chi connectivity index (χ0) is 19.3. The second-order valence-electron chi connectivity index (χ2n) is 6.66. The number of hydrogen-bond donors (Lipinski definition) is 2. The molecule has 0 amide bonds. The summed E-state index contributed by atoms with van der Waals surface area (Å²) in [6, 6.07) is 15.9. The summed E-state index contributed by atoms with van der Waals surface area (Å²) in [5.74, 6) is 2.02. The van der Waals surface area contributed by atoms with Crippen LogP contribution in [0.3, 0.4) is 0 Å². The number of ether oxygens (including phenoxy) is 1. The van der Waals surface area contributed by atoms with Crippen LogP contribution < -0.4 is 15.8 Å². The highest BCUT2D eigenvalue weighted by atomic mass is 16.5. The molecule has 1 atom stereocenters. The number of hydrogen-bond acceptors (Lipinski definition) is 6. The van der Waals surface area contributed by atoms with Crippen molar-refractivity contribution in [1.82, 2.24) is 9.97 Å². The fourth-order valence-electron chi connectivity index (χ4n) is 3.07. The Labute approximate surface area is 163 Å². The molecule has 0 saturated heterocycles. The van der Waals surface area contributed by atoms with E-state index in [-0.39, 0.29) is 6.04 Å². The normalized spacial score (nSPS) is 12.1. The van der Waals surface area contributed by atoms with Gasteiger partial charge in [-0.15, -0.1) is 0 Å². The largest absolute Gasteiger partial charge is 0.497 e. The molecule has 3 N–H and O–H groups in total. The standard InChI is InChI=1S/C22H22N4O2/c1-27-20-6-2-15(3-7-20)10-19(23)13-25-21-14-26-22(28-21)17-4-5-18-12-24-9-8-16(18)11-17/h2-9,11-12,14,19,25H,10,13,23H2,1H3/t19-/m0/s1. The van der Waals surface area contributed by atoms with E-state index in [1.54, 1.807) is 19.5 Å². The fourth-order valence-corrected chi connectivity index (χ4v) is 3.07. The SMILES string of the molecule is COc1ccc(C[C@H](N)CNc2cnc(-c3ccc4cnccc4c3)o2)cc1. The predicted octanol–water partition coefficient (Wildman–Crippen LogP) is 3.88. The van der Waals surface area contributed by atoms with Crippen molar-refractivity contribution in [1.29, 1.82) is 0 Å². The van der Waals surface area contributed by atoms with Crippen LogP contribution in [0.5, 0.6) is 5.75 Å². The molecule has 142 valence electrons. The molecule has 6 heteroatoms. The molecule has 0 saturated carbocycles. The highest BCUT2D eigenvalue weighted by Crippen LogP contribution is 2.25. The molecule has 2 heterocycles. The third-order valence-electron chi connectivity index (χ3n) is 4.59. The molecule has 2 aromatic carbocycles. The van der Waals surface area contributed by atoms with Gasteiger partial charge >= 0.3 is 0 Å². The molecule has 28 heavy (non-hydrogen) atoms. The third kappa shape index (κ3) is 4.13. The van der Waals surface area contributed by atoms with Gasteiger partial charge in [0.15, 0.2) is 0 Å². The Morgan fingerprint density at radius 1 is 1.07 bits per heavy atom. The minimum Gasteiger partial charge on any atom is -0.497 e. The van der Waals surface area contributed by atoms with Gasteiger partial charge in [-0.25, -0.2) is 4.98 Å². The van der Waals surface area contributed by atoms with Crippen molar-refractivity contribution in [2.24, 2.45) is 5.73 Å². The number of fused-ring (bicyclic) bond motifs is 1. The molecule has 0 aliphatic carbocycles. The van der Waals surface area contributed by atoms with Crippen LogP contribution in [0.1, 0.15) is 5.56 Å². The van der Waals surface area contributed by atoms with Crippen LogP contribution >= 0.6 is 0 Å². The molecule has 2 aromatic heterocycles. The number of aromatic nitrogens is 2. The Morgan fingerprint density at radius 2 is 1.93 bits per heavy atom. The summed E-state index contributed by atoms with van der Waals surface area (Å²) in [6.07, 6.45) is 6.06. The molecule has 0 unspecified atom stereocenters. The number of pyridine rings is 1. The minimum absolute atomic E-state index is 0.0462. The molecule has 4 rings (SSSR count). The van der Waals surface area contributed by atoms with E-state index >= 15 is 0 Å². The predicted molar refractivity (Wildman–Crippen MR) is 110 cm³/mol. The van der Waals surface area contributed by atoms with Crippen molar-refractivity contribution in [3.63, 3.8) is 0 Å². The molecular weight excluding hydrogens is 352 g/mol. The number of oxazole rings is 1. The van der Waals surface area contributed by atoms with Crippen LogP contribution in [0.2, 0.25) is 0 Å². The average molecular weight is 374 g/mol. The highest BCUT2D eigenvalue weighted by molar-refractivity contribution is 5.85. The van der Waals surface area contributed by atoms with E-state index in [9.17, 15) is 0 Å². The van der Waals surface area contributed by atoms with Crippen molar-refractivity contribution in [3.05, 3.63) is 72.7 Å². The van der Waals surface area contributed by atoms with E-state index in [1.807, 2.05) is 54.7 Å². The smallest absolute Gasteiger partial charge is 0.228 e. The van der Waals surface area contributed by atoms with Crippen LogP contribution in [-0.4, -0.2) is 29.7 Å². The monoisotopic (exact) mass is 374 g/mol. The van der Waals surface area contributed by atoms with Crippen molar-refractivity contribution in [2.75, 3.05) is 19.0 Å². The Bertz CT molecular complexity index is 1060. The molecule has 6 nitrogen and oxygen atoms in total. The topological polar surface area (TPSA) is 86.2 Å². The lowest BCUT2D eigenvalue weighted by Gasteiger charge is -2.12. The Morgan fingerprint density at radius 3 is 2.75 bits per heavy atom. The molecule has 0 aliphatic heterocycles. The maximum atomic E-state index is 6.24. The first-order valence-corrected chi connectivity index (χ1v) is 9.13. The van der Waals surface area contributed by atoms with Gasteiger partial charge in [0.1, 0.15) is 5.75 Å².